The number of aromatic nitrogens is 3. The predicted octanol–water partition coefficient (Wildman–Crippen LogP) is 5.14. The van der Waals surface area contributed by atoms with Crippen molar-refractivity contribution in [3.8, 4) is 0 Å². The lowest BCUT2D eigenvalue weighted by molar-refractivity contribution is 0.262. The van der Waals surface area contributed by atoms with E-state index in [1.807, 2.05) is 30.3 Å². The molecule has 0 saturated heterocycles. The minimum atomic E-state index is -0.423. The average molecular weight is 415 g/mol. The minimum Gasteiger partial charge on any atom is -0.340 e. The maximum absolute atomic E-state index is 12.9. The van der Waals surface area contributed by atoms with E-state index in [0.717, 1.165) is 5.69 Å². The number of hydrogen-bond acceptors (Lipinski definition) is 6. The molecule has 31 heavy (non-hydrogen) atoms. The molecule has 0 aliphatic carbocycles. The molecule has 0 aliphatic heterocycles. The first-order valence-electron chi connectivity index (χ1n) is 9.35. The Hall–Kier alpha value is -4.53. The first-order chi connectivity index (χ1) is 15.1. The second kappa shape index (κ2) is 9.31. The van der Waals surface area contributed by atoms with Crippen LogP contribution >= 0.6 is 0 Å². The number of pyridine rings is 1. The van der Waals surface area contributed by atoms with Crippen molar-refractivity contribution in [2.24, 2.45) is 0 Å². The monoisotopic (exact) mass is 415 g/mol. The number of benzene rings is 2. The van der Waals surface area contributed by atoms with E-state index in [1.165, 1.54) is 30.6 Å². The molecular formula is C22H18FN7O. The number of carbonyl (C=O) groups excluding carboxylic acids is 1. The van der Waals surface area contributed by atoms with Crippen LogP contribution in [0.4, 0.5) is 43.7 Å². The number of urea groups is 1. The summed E-state index contributed by atoms with van der Waals surface area (Å²) < 4.78 is 12.9. The van der Waals surface area contributed by atoms with E-state index in [2.05, 4.69) is 36.2 Å². The van der Waals surface area contributed by atoms with Gasteiger partial charge in [-0.1, -0.05) is 6.07 Å². The highest BCUT2D eigenvalue weighted by Crippen LogP contribution is 2.20. The van der Waals surface area contributed by atoms with Crippen molar-refractivity contribution in [3.05, 3.63) is 91.1 Å². The Bertz CT molecular complexity index is 1150. The SMILES string of the molecule is O=C(Nc1ccc(F)cc1)Nc1ccc(Nc2cc(Nc3ccccn3)ncn2)cc1. The molecule has 9 heteroatoms. The highest BCUT2D eigenvalue weighted by Gasteiger charge is 2.04. The van der Waals surface area contributed by atoms with Crippen LogP contribution in [-0.2, 0) is 0 Å². The largest absolute Gasteiger partial charge is 0.340 e. The topological polar surface area (TPSA) is 104 Å². The molecule has 0 saturated carbocycles. The summed E-state index contributed by atoms with van der Waals surface area (Å²) in [5.41, 5.74) is 1.88. The summed E-state index contributed by atoms with van der Waals surface area (Å²) in [5, 5.41) is 11.6. The molecule has 2 aromatic heterocycles. The molecule has 2 heterocycles. The van der Waals surface area contributed by atoms with Gasteiger partial charge in [0, 0.05) is 29.3 Å². The van der Waals surface area contributed by atoms with E-state index in [0.29, 0.717) is 28.8 Å². The zero-order valence-electron chi connectivity index (χ0n) is 16.2. The van der Waals surface area contributed by atoms with Gasteiger partial charge < -0.3 is 21.3 Å². The molecule has 0 bridgehead atoms. The van der Waals surface area contributed by atoms with Crippen LogP contribution < -0.4 is 21.3 Å². The third-order valence-electron chi connectivity index (χ3n) is 4.11. The van der Waals surface area contributed by atoms with Crippen LogP contribution in [0, 0.1) is 5.82 Å². The molecule has 0 spiro atoms. The van der Waals surface area contributed by atoms with Crippen molar-refractivity contribution in [3.63, 3.8) is 0 Å². The summed E-state index contributed by atoms with van der Waals surface area (Å²) in [7, 11) is 0. The third kappa shape index (κ3) is 5.73. The lowest BCUT2D eigenvalue weighted by atomic mass is 10.2. The summed E-state index contributed by atoms with van der Waals surface area (Å²) >= 11 is 0. The zero-order valence-corrected chi connectivity index (χ0v) is 16.2. The number of carbonyl (C=O) groups is 1. The van der Waals surface area contributed by atoms with Gasteiger partial charge in [0.2, 0.25) is 0 Å². The fourth-order valence-electron chi connectivity index (χ4n) is 2.67. The molecule has 0 aliphatic rings. The van der Waals surface area contributed by atoms with Crippen molar-refractivity contribution < 1.29 is 9.18 Å². The van der Waals surface area contributed by atoms with Crippen LogP contribution in [0.1, 0.15) is 0 Å². The van der Waals surface area contributed by atoms with Crippen LogP contribution in [0.2, 0.25) is 0 Å². The third-order valence-corrected chi connectivity index (χ3v) is 4.11. The van der Waals surface area contributed by atoms with Gasteiger partial charge in [-0.3, -0.25) is 0 Å². The molecule has 0 atom stereocenters. The fraction of sp³-hybridized carbons (Fsp3) is 0. The molecular weight excluding hydrogens is 397 g/mol. The van der Waals surface area contributed by atoms with E-state index in [1.54, 1.807) is 24.4 Å². The zero-order chi connectivity index (χ0) is 21.5. The van der Waals surface area contributed by atoms with Crippen molar-refractivity contribution in [2.45, 2.75) is 0 Å². The Morgan fingerprint density at radius 3 is 1.94 bits per heavy atom. The highest BCUT2D eigenvalue weighted by molar-refractivity contribution is 5.99. The maximum atomic E-state index is 12.9. The summed E-state index contributed by atoms with van der Waals surface area (Å²) in [5.74, 6) is 1.52. The molecule has 4 N–H and O–H groups in total. The molecule has 4 rings (SSSR count). The standard InChI is InChI=1S/C22H18FN7O/c23-15-4-6-17(7-5-15)28-22(31)29-18-10-8-16(9-11-18)27-20-13-21(26-14-25-20)30-19-3-1-2-12-24-19/h1-14H,(H2,28,29,31)(H2,24,25,26,27,30). The van der Waals surface area contributed by atoms with Gasteiger partial charge in [-0.2, -0.15) is 0 Å². The van der Waals surface area contributed by atoms with Crippen molar-refractivity contribution in [2.75, 3.05) is 21.3 Å². The van der Waals surface area contributed by atoms with E-state index in [-0.39, 0.29) is 5.82 Å². The van der Waals surface area contributed by atoms with Gasteiger partial charge in [-0.15, -0.1) is 0 Å². The van der Waals surface area contributed by atoms with Crippen molar-refractivity contribution >= 4 is 40.5 Å². The van der Waals surface area contributed by atoms with Crippen LogP contribution in [0.3, 0.4) is 0 Å². The quantitative estimate of drug-likeness (QED) is 0.348. The Morgan fingerprint density at radius 2 is 1.29 bits per heavy atom. The molecule has 2 aromatic carbocycles. The Kier molecular flexibility index (Phi) is 5.94. The first-order valence-corrected chi connectivity index (χ1v) is 9.35. The summed E-state index contributed by atoms with van der Waals surface area (Å²) in [4.78, 5) is 24.7. The smallest absolute Gasteiger partial charge is 0.323 e. The lowest BCUT2D eigenvalue weighted by Gasteiger charge is -2.10. The number of anilines is 6. The molecule has 0 unspecified atom stereocenters. The minimum absolute atomic E-state index is 0.364. The van der Waals surface area contributed by atoms with Crippen LogP contribution in [0.15, 0.2) is 85.3 Å². The maximum Gasteiger partial charge on any atom is 0.323 e. The van der Waals surface area contributed by atoms with E-state index >= 15 is 0 Å². The highest BCUT2D eigenvalue weighted by atomic mass is 19.1. The Labute approximate surface area is 177 Å². The van der Waals surface area contributed by atoms with Gasteiger partial charge in [0.05, 0.1) is 0 Å². The molecule has 4 aromatic rings. The van der Waals surface area contributed by atoms with E-state index in [9.17, 15) is 9.18 Å². The predicted molar refractivity (Wildman–Crippen MR) is 118 cm³/mol. The molecule has 154 valence electrons. The summed E-state index contributed by atoms with van der Waals surface area (Å²) in [6.07, 6.45) is 3.14. The number of hydrogen-bond donors (Lipinski definition) is 4. The van der Waals surface area contributed by atoms with Gasteiger partial charge in [-0.25, -0.2) is 24.1 Å². The normalized spacial score (nSPS) is 10.2. The van der Waals surface area contributed by atoms with Crippen molar-refractivity contribution in [1.82, 2.24) is 15.0 Å². The second-order valence-electron chi connectivity index (χ2n) is 6.42. The molecule has 2 amide bonds. The Morgan fingerprint density at radius 1 is 0.677 bits per heavy atom. The average Bonchev–Trinajstić information content (AvgIpc) is 2.78. The van der Waals surface area contributed by atoms with E-state index in [4.69, 9.17) is 0 Å². The van der Waals surface area contributed by atoms with E-state index < -0.39 is 6.03 Å². The molecule has 0 radical (unpaired) electrons. The Balaban J connectivity index is 1.34. The fourth-order valence-corrected chi connectivity index (χ4v) is 2.67. The number of nitrogens with zero attached hydrogens (tertiary/aromatic N) is 3. The van der Waals surface area contributed by atoms with Crippen molar-refractivity contribution in [1.29, 1.82) is 0 Å². The number of rotatable bonds is 6. The number of amides is 2. The van der Waals surface area contributed by atoms with Crippen LogP contribution in [-0.4, -0.2) is 21.0 Å². The number of halogens is 1. The lowest BCUT2D eigenvalue weighted by Crippen LogP contribution is -2.19. The van der Waals surface area contributed by atoms with Gasteiger partial charge in [0.15, 0.2) is 0 Å². The van der Waals surface area contributed by atoms with Gasteiger partial charge in [0.1, 0.15) is 29.6 Å². The first kappa shape index (κ1) is 19.8. The summed E-state index contributed by atoms with van der Waals surface area (Å²) in [6.45, 7) is 0. The van der Waals surface area contributed by atoms with Gasteiger partial charge in [-0.05, 0) is 60.7 Å². The molecule has 8 nitrogen and oxygen atoms in total. The second-order valence-corrected chi connectivity index (χ2v) is 6.42. The van der Waals surface area contributed by atoms with Crippen LogP contribution in [0.5, 0.6) is 0 Å². The van der Waals surface area contributed by atoms with Gasteiger partial charge in [0.25, 0.3) is 0 Å². The van der Waals surface area contributed by atoms with Gasteiger partial charge >= 0.3 is 6.03 Å². The van der Waals surface area contributed by atoms with Crippen LogP contribution in [0.25, 0.3) is 0 Å². The number of nitrogens with one attached hydrogen (secondary N) is 4. The molecule has 0 fully saturated rings. The summed E-state index contributed by atoms with van der Waals surface area (Å²) in [6, 6.07) is 19.5.